The third kappa shape index (κ3) is 5.22. The second-order valence-electron chi connectivity index (χ2n) is 9.51. The molecule has 1 aromatic heterocycles. The number of rotatable bonds is 7. The van der Waals surface area contributed by atoms with Gasteiger partial charge in [-0.25, -0.2) is 18.7 Å². The fourth-order valence-corrected chi connectivity index (χ4v) is 4.58. The molecule has 1 saturated carbocycles. The van der Waals surface area contributed by atoms with Gasteiger partial charge in [-0.15, -0.1) is 0 Å². The van der Waals surface area contributed by atoms with Gasteiger partial charge in [-0.1, -0.05) is 6.07 Å². The lowest BCUT2D eigenvalue weighted by atomic mass is 10.0. The lowest BCUT2D eigenvalue weighted by Gasteiger charge is -2.18. The quantitative estimate of drug-likeness (QED) is 0.437. The molecule has 1 aliphatic heterocycles. The number of nitrogens with two attached hydrogens (primary N) is 1. The summed E-state index contributed by atoms with van der Waals surface area (Å²) in [4.78, 5) is 21.2. The molecule has 2 atom stereocenters. The van der Waals surface area contributed by atoms with Crippen LogP contribution in [0.1, 0.15) is 46.7 Å². The van der Waals surface area contributed by atoms with E-state index in [9.17, 15) is 13.6 Å². The number of nitriles is 1. The van der Waals surface area contributed by atoms with Crippen molar-refractivity contribution >= 4 is 17.4 Å². The van der Waals surface area contributed by atoms with Crippen LogP contribution in [-0.4, -0.2) is 35.1 Å². The highest BCUT2D eigenvalue weighted by Gasteiger charge is 2.27. The number of nitrogens with zero attached hydrogens (tertiary/aromatic N) is 3. The Bertz CT molecular complexity index is 1400. The van der Waals surface area contributed by atoms with Crippen LogP contribution in [0.4, 0.5) is 20.3 Å². The van der Waals surface area contributed by atoms with E-state index < -0.39 is 17.5 Å². The fraction of sp³-hybridized carbons (Fsp3) is 0.333. The molecule has 0 radical (unpaired) electrons. The monoisotopic (exact) mass is 504 g/mol. The zero-order valence-electron chi connectivity index (χ0n) is 20.2. The Morgan fingerprint density at radius 1 is 1.27 bits per heavy atom. The molecule has 1 unspecified atom stereocenters. The first-order valence-electron chi connectivity index (χ1n) is 12.1. The predicted octanol–water partition coefficient (Wildman–Crippen LogP) is 4.32. The smallest absolute Gasteiger partial charge is 0.258 e. The van der Waals surface area contributed by atoms with Gasteiger partial charge in [-0.2, -0.15) is 5.26 Å². The number of benzene rings is 2. The number of ether oxygens (including phenoxy) is 1. The van der Waals surface area contributed by atoms with Crippen LogP contribution >= 0.6 is 0 Å². The SMILES string of the molecule is Cc1c(NC(=O)c2ccc(C3CC3)cc2F)cc(F)cc1-c1ncnc(N)c1OCC1C[C@@H](C#N)CN1. The lowest BCUT2D eigenvalue weighted by Crippen LogP contribution is -2.28. The predicted molar refractivity (Wildman–Crippen MR) is 134 cm³/mol. The Hall–Kier alpha value is -4.10. The van der Waals surface area contributed by atoms with Crippen LogP contribution < -0.4 is 21.1 Å². The number of carbonyl (C=O) groups excluding carboxylic acids is 1. The minimum Gasteiger partial charge on any atom is -0.486 e. The normalized spacial score (nSPS) is 18.9. The summed E-state index contributed by atoms with van der Waals surface area (Å²) in [6.45, 7) is 2.49. The van der Waals surface area contributed by atoms with Crippen LogP contribution in [0, 0.1) is 35.8 Å². The van der Waals surface area contributed by atoms with Gasteiger partial charge in [-0.3, -0.25) is 4.79 Å². The van der Waals surface area contributed by atoms with Gasteiger partial charge in [0, 0.05) is 23.8 Å². The molecule has 37 heavy (non-hydrogen) atoms. The topological polar surface area (TPSA) is 126 Å². The van der Waals surface area contributed by atoms with Crippen LogP contribution in [0.2, 0.25) is 0 Å². The van der Waals surface area contributed by atoms with E-state index in [1.54, 1.807) is 13.0 Å². The maximum Gasteiger partial charge on any atom is 0.258 e. The Morgan fingerprint density at radius 3 is 2.78 bits per heavy atom. The Balaban J connectivity index is 1.41. The van der Waals surface area contributed by atoms with Crippen molar-refractivity contribution in [2.45, 2.75) is 38.1 Å². The summed E-state index contributed by atoms with van der Waals surface area (Å²) in [6.07, 6.45) is 3.92. The number of halogens is 2. The number of amides is 1. The van der Waals surface area contributed by atoms with Gasteiger partial charge in [0.2, 0.25) is 0 Å². The second-order valence-corrected chi connectivity index (χ2v) is 9.51. The van der Waals surface area contributed by atoms with Crippen LogP contribution in [0.5, 0.6) is 5.75 Å². The highest BCUT2D eigenvalue weighted by atomic mass is 19.1. The molecule has 190 valence electrons. The van der Waals surface area contributed by atoms with Gasteiger partial charge in [-0.05, 0) is 67.5 Å². The van der Waals surface area contributed by atoms with Crippen LogP contribution in [0.25, 0.3) is 11.3 Å². The Kier molecular flexibility index (Phi) is 6.72. The van der Waals surface area contributed by atoms with Gasteiger partial charge < -0.3 is 21.1 Å². The molecular weight excluding hydrogens is 478 g/mol. The molecule has 1 saturated heterocycles. The third-order valence-corrected chi connectivity index (χ3v) is 6.83. The first kappa shape index (κ1) is 24.6. The van der Waals surface area contributed by atoms with Gasteiger partial charge in [0.25, 0.3) is 5.91 Å². The number of anilines is 2. The van der Waals surface area contributed by atoms with Crippen molar-refractivity contribution in [2.75, 3.05) is 24.2 Å². The molecule has 2 fully saturated rings. The number of nitrogen functional groups attached to an aromatic ring is 1. The standard InChI is InChI=1S/C27H26F2N6O2/c1-14-21(24-25(26(31)34-13-33-24)37-12-19-6-15(10-30)11-32-19)8-18(28)9-23(14)35-27(36)20-5-4-17(7-22(20)29)16-2-3-16/h4-5,7-9,13,15-16,19,32H,2-3,6,11-12H2,1H3,(H,35,36)(H2,31,33,34)/t15-,19?/m0/s1. The van der Waals surface area contributed by atoms with Crippen LogP contribution in [0.3, 0.4) is 0 Å². The molecule has 0 bridgehead atoms. The molecule has 2 aromatic carbocycles. The number of aromatic nitrogens is 2. The van der Waals surface area contributed by atoms with Crippen molar-refractivity contribution in [3.8, 4) is 23.1 Å². The highest BCUT2D eigenvalue weighted by Crippen LogP contribution is 2.40. The maximum absolute atomic E-state index is 14.7. The van der Waals surface area contributed by atoms with E-state index in [2.05, 4.69) is 26.7 Å². The van der Waals surface area contributed by atoms with E-state index in [0.29, 0.717) is 30.0 Å². The zero-order chi connectivity index (χ0) is 26.1. The van der Waals surface area contributed by atoms with Crippen molar-refractivity contribution in [1.82, 2.24) is 15.3 Å². The zero-order valence-corrected chi connectivity index (χ0v) is 20.2. The fourth-order valence-electron chi connectivity index (χ4n) is 4.58. The number of hydrogen-bond donors (Lipinski definition) is 3. The van der Waals surface area contributed by atoms with Crippen LogP contribution in [-0.2, 0) is 0 Å². The summed E-state index contributed by atoms with van der Waals surface area (Å²) >= 11 is 0. The first-order chi connectivity index (χ1) is 17.8. The molecule has 0 spiro atoms. The van der Waals surface area contributed by atoms with Crippen molar-refractivity contribution in [1.29, 1.82) is 5.26 Å². The minimum absolute atomic E-state index is 0.0539. The largest absolute Gasteiger partial charge is 0.486 e. The average molecular weight is 505 g/mol. The number of hydrogen-bond acceptors (Lipinski definition) is 7. The Morgan fingerprint density at radius 2 is 2.08 bits per heavy atom. The summed E-state index contributed by atoms with van der Waals surface area (Å²) in [5.41, 5.74) is 8.11. The summed E-state index contributed by atoms with van der Waals surface area (Å²) in [6, 6.07) is 9.22. The number of nitrogens with one attached hydrogen (secondary N) is 2. The molecular formula is C27H26F2N6O2. The minimum atomic E-state index is -0.683. The highest BCUT2D eigenvalue weighted by molar-refractivity contribution is 6.05. The summed E-state index contributed by atoms with van der Waals surface area (Å²) in [7, 11) is 0. The van der Waals surface area contributed by atoms with E-state index in [0.717, 1.165) is 18.4 Å². The molecule has 1 amide bonds. The summed E-state index contributed by atoms with van der Waals surface area (Å²) in [5.74, 6) is -1.41. The first-order valence-corrected chi connectivity index (χ1v) is 12.1. The maximum atomic E-state index is 14.7. The van der Waals surface area contributed by atoms with Crippen molar-refractivity contribution < 1.29 is 18.3 Å². The van der Waals surface area contributed by atoms with E-state index in [-0.39, 0.29) is 47.1 Å². The average Bonchev–Trinajstić information content (AvgIpc) is 3.63. The van der Waals surface area contributed by atoms with E-state index >= 15 is 0 Å². The van der Waals surface area contributed by atoms with E-state index in [1.165, 1.54) is 30.6 Å². The van der Waals surface area contributed by atoms with Crippen molar-refractivity contribution in [3.05, 3.63) is 65.0 Å². The molecule has 3 aromatic rings. The van der Waals surface area contributed by atoms with Gasteiger partial charge in [0.1, 0.15) is 30.3 Å². The van der Waals surface area contributed by atoms with Gasteiger partial charge in [0.05, 0.1) is 17.6 Å². The van der Waals surface area contributed by atoms with E-state index in [4.69, 9.17) is 15.7 Å². The molecule has 5 rings (SSSR count). The molecule has 10 heteroatoms. The second kappa shape index (κ2) is 10.1. The number of carbonyl (C=O) groups is 1. The molecule has 8 nitrogen and oxygen atoms in total. The van der Waals surface area contributed by atoms with Gasteiger partial charge >= 0.3 is 0 Å². The Labute approximate surface area is 212 Å². The summed E-state index contributed by atoms with van der Waals surface area (Å²) in [5, 5.41) is 15.0. The van der Waals surface area contributed by atoms with Crippen LogP contribution in [0.15, 0.2) is 36.7 Å². The molecule has 4 N–H and O–H groups in total. The third-order valence-electron chi connectivity index (χ3n) is 6.83. The molecule has 1 aliphatic carbocycles. The lowest BCUT2D eigenvalue weighted by molar-refractivity contribution is 0.102. The van der Waals surface area contributed by atoms with E-state index in [1.807, 2.05) is 0 Å². The van der Waals surface area contributed by atoms with Crippen molar-refractivity contribution in [2.24, 2.45) is 5.92 Å². The van der Waals surface area contributed by atoms with Gasteiger partial charge in [0.15, 0.2) is 11.6 Å². The molecule has 2 heterocycles. The van der Waals surface area contributed by atoms with Crippen molar-refractivity contribution in [3.63, 3.8) is 0 Å². The molecule has 2 aliphatic rings. The summed E-state index contributed by atoms with van der Waals surface area (Å²) < 4.78 is 35.4.